The molecule has 2 aromatic rings. The van der Waals surface area contributed by atoms with Crippen LogP contribution in [0.2, 0.25) is 0 Å². The lowest BCUT2D eigenvalue weighted by Gasteiger charge is -2.10. The maximum atomic E-state index is 3.94. The van der Waals surface area contributed by atoms with Crippen molar-refractivity contribution in [2.45, 2.75) is 26.4 Å². The van der Waals surface area contributed by atoms with Crippen molar-refractivity contribution in [3.05, 3.63) is 39.6 Å². The molecule has 0 aliphatic rings. The maximum absolute atomic E-state index is 3.94. The Morgan fingerprint density at radius 1 is 1.47 bits per heavy atom. The average molecular weight is 296 g/mol. The first kappa shape index (κ1) is 12.2. The van der Waals surface area contributed by atoms with Crippen molar-refractivity contribution in [3.8, 4) is 0 Å². The summed E-state index contributed by atoms with van der Waals surface area (Å²) in [4.78, 5) is 0. The summed E-state index contributed by atoms with van der Waals surface area (Å²) in [5.74, 6) is 0.679. The van der Waals surface area contributed by atoms with Crippen LogP contribution < -0.4 is 5.32 Å². The molecule has 1 unspecified atom stereocenters. The zero-order chi connectivity index (χ0) is 12.3. The Morgan fingerprint density at radius 3 is 2.94 bits per heavy atom. The van der Waals surface area contributed by atoms with Crippen molar-refractivity contribution in [2.75, 3.05) is 0 Å². The third-order valence-corrected chi connectivity index (χ3v) is 3.47. The van der Waals surface area contributed by atoms with E-state index in [2.05, 4.69) is 67.0 Å². The smallest absolute Gasteiger partial charge is 0.191 e. The Hall–Kier alpha value is -1.27. The Balaban J connectivity index is 1.96. The minimum atomic E-state index is 0.0812. The van der Waals surface area contributed by atoms with Crippen molar-refractivity contribution in [3.63, 3.8) is 0 Å². The number of hydrogen-bond donors (Lipinski definition) is 2. The van der Waals surface area contributed by atoms with Crippen LogP contribution in [0.25, 0.3) is 0 Å². The Morgan fingerprint density at radius 2 is 2.29 bits per heavy atom. The van der Waals surface area contributed by atoms with E-state index in [0.717, 1.165) is 11.0 Å². The predicted octanol–water partition coefficient (Wildman–Crippen LogP) is 2.12. The number of aromatic amines is 1. The molecule has 17 heavy (non-hydrogen) atoms. The first-order chi connectivity index (χ1) is 8.16. The lowest BCUT2D eigenvalue weighted by molar-refractivity contribution is 0.546. The van der Waals surface area contributed by atoms with Gasteiger partial charge < -0.3 is 5.32 Å². The molecule has 0 radical (unpaired) electrons. The van der Waals surface area contributed by atoms with Gasteiger partial charge in [0, 0.05) is 11.0 Å². The fourth-order valence-electron chi connectivity index (χ4n) is 1.53. The fraction of sp³-hybridized carbons (Fsp3) is 0.364. The van der Waals surface area contributed by atoms with Gasteiger partial charge >= 0.3 is 0 Å². The van der Waals surface area contributed by atoms with Crippen LogP contribution in [0, 0.1) is 6.92 Å². The summed E-state index contributed by atoms with van der Waals surface area (Å²) >= 11 is 3.49. The molecule has 1 aromatic heterocycles. The number of H-pyrrole nitrogens is 1. The molecule has 2 N–H and O–H groups in total. The van der Waals surface area contributed by atoms with E-state index in [1.807, 2.05) is 6.92 Å². The van der Waals surface area contributed by atoms with E-state index in [-0.39, 0.29) is 6.04 Å². The number of tetrazole rings is 1. The largest absolute Gasteiger partial charge is 0.303 e. The fourth-order valence-corrected chi connectivity index (χ4v) is 1.78. The van der Waals surface area contributed by atoms with Crippen molar-refractivity contribution < 1.29 is 0 Å². The SMILES string of the molecule is Cc1cc(CNC(C)c2nn[nH]n2)ccc1Br. The quantitative estimate of drug-likeness (QED) is 0.907. The molecular formula is C11H14BrN5. The van der Waals surface area contributed by atoms with E-state index >= 15 is 0 Å². The second-order valence-corrected chi connectivity index (χ2v) is 4.81. The second kappa shape index (κ2) is 5.37. The molecule has 2 rings (SSSR count). The number of halogens is 1. The van der Waals surface area contributed by atoms with E-state index in [0.29, 0.717) is 5.82 Å². The van der Waals surface area contributed by atoms with Gasteiger partial charge in [0.2, 0.25) is 0 Å². The zero-order valence-electron chi connectivity index (χ0n) is 9.74. The number of nitrogens with zero attached hydrogens (tertiary/aromatic N) is 3. The minimum Gasteiger partial charge on any atom is -0.303 e. The molecule has 0 saturated heterocycles. The number of nitrogens with one attached hydrogen (secondary N) is 2. The Labute approximate surface area is 108 Å². The van der Waals surface area contributed by atoms with Crippen molar-refractivity contribution >= 4 is 15.9 Å². The highest BCUT2D eigenvalue weighted by Crippen LogP contribution is 2.17. The van der Waals surface area contributed by atoms with E-state index in [1.54, 1.807) is 0 Å². The van der Waals surface area contributed by atoms with Gasteiger partial charge in [0.1, 0.15) is 0 Å². The number of rotatable bonds is 4. The van der Waals surface area contributed by atoms with Crippen LogP contribution in [0.1, 0.15) is 29.9 Å². The zero-order valence-corrected chi connectivity index (χ0v) is 11.3. The maximum Gasteiger partial charge on any atom is 0.191 e. The monoisotopic (exact) mass is 295 g/mol. The van der Waals surface area contributed by atoms with Crippen LogP contribution in [0.4, 0.5) is 0 Å². The molecule has 6 heteroatoms. The minimum absolute atomic E-state index is 0.0812. The summed E-state index contributed by atoms with van der Waals surface area (Å²) in [6, 6.07) is 6.39. The summed E-state index contributed by atoms with van der Waals surface area (Å²) in [6.07, 6.45) is 0. The predicted molar refractivity (Wildman–Crippen MR) is 68.3 cm³/mol. The number of aryl methyl sites for hydroxylation is 1. The second-order valence-electron chi connectivity index (χ2n) is 3.96. The van der Waals surface area contributed by atoms with Gasteiger partial charge in [-0.05, 0) is 31.0 Å². The summed E-state index contributed by atoms with van der Waals surface area (Å²) in [7, 11) is 0. The first-order valence-corrected chi connectivity index (χ1v) is 6.18. The van der Waals surface area contributed by atoms with Crippen LogP contribution >= 0.6 is 15.9 Å². The number of aromatic nitrogens is 4. The van der Waals surface area contributed by atoms with Crippen LogP contribution in [-0.4, -0.2) is 20.6 Å². The van der Waals surface area contributed by atoms with Gasteiger partial charge in [-0.25, -0.2) is 0 Å². The molecule has 1 aromatic carbocycles. The van der Waals surface area contributed by atoms with Gasteiger partial charge in [-0.15, -0.1) is 10.2 Å². The summed E-state index contributed by atoms with van der Waals surface area (Å²) in [6.45, 7) is 4.87. The lowest BCUT2D eigenvalue weighted by atomic mass is 10.1. The third-order valence-electron chi connectivity index (χ3n) is 2.58. The highest BCUT2D eigenvalue weighted by Gasteiger charge is 2.09. The Bertz CT molecular complexity index is 483. The molecule has 1 heterocycles. The normalized spacial score (nSPS) is 12.6. The summed E-state index contributed by atoms with van der Waals surface area (Å²) < 4.78 is 1.13. The lowest BCUT2D eigenvalue weighted by Crippen LogP contribution is -2.19. The van der Waals surface area contributed by atoms with Gasteiger partial charge in [0.15, 0.2) is 5.82 Å². The molecule has 0 aliphatic heterocycles. The topological polar surface area (TPSA) is 66.5 Å². The average Bonchev–Trinajstić information content (AvgIpc) is 2.84. The van der Waals surface area contributed by atoms with Crippen LogP contribution in [0.3, 0.4) is 0 Å². The van der Waals surface area contributed by atoms with Gasteiger partial charge in [0.05, 0.1) is 6.04 Å². The van der Waals surface area contributed by atoms with Gasteiger partial charge in [-0.1, -0.05) is 33.3 Å². The van der Waals surface area contributed by atoms with Crippen molar-refractivity contribution in [2.24, 2.45) is 0 Å². The van der Waals surface area contributed by atoms with Crippen molar-refractivity contribution in [1.82, 2.24) is 25.9 Å². The number of benzene rings is 1. The highest BCUT2D eigenvalue weighted by molar-refractivity contribution is 9.10. The van der Waals surface area contributed by atoms with Crippen LogP contribution in [0.5, 0.6) is 0 Å². The standard InChI is InChI=1S/C11H14BrN5/c1-7-5-9(3-4-10(7)12)6-13-8(2)11-14-16-17-15-11/h3-5,8,13H,6H2,1-2H3,(H,14,15,16,17). The molecular weight excluding hydrogens is 282 g/mol. The molecule has 0 saturated carbocycles. The van der Waals surface area contributed by atoms with E-state index in [9.17, 15) is 0 Å². The number of hydrogen-bond acceptors (Lipinski definition) is 4. The van der Waals surface area contributed by atoms with E-state index < -0.39 is 0 Å². The molecule has 1 atom stereocenters. The summed E-state index contributed by atoms with van der Waals surface area (Å²) in [5.41, 5.74) is 2.47. The first-order valence-electron chi connectivity index (χ1n) is 5.38. The van der Waals surface area contributed by atoms with Gasteiger partial charge in [-0.2, -0.15) is 5.21 Å². The molecule has 0 amide bonds. The van der Waals surface area contributed by atoms with E-state index in [4.69, 9.17) is 0 Å². The van der Waals surface area contributed by atoms with Crippen molar-refractivity contribution in [1.29, 1.82) is 0 Å². The molecule has 0 spiro atoms. The molecule has 0 bridgehead atoms. The van der Waals surface area contributed by atoms with E-state index in [1.165, 1.54) is 11.1 Å². The molecule has 90 valence electrons. The van der Waals surface area contributed by atoms with Crippen LogP contribution in [-0.2, 0) is 6.54 Å². The van der Waals surface area contributed by atoms with Crippen LogP contribution in [0.15, 0.2) is 22.7 Å². The Kier molecular flexibility index (Phi) is 3.86. The molecule has 5 nitrogen and oxygen atoms in total. The third kappa shape index (κ3) is 3.10. The molecule has 0 aliphatic carbocycles. The van der Waals surface area contributed by atoms with Gasteiger partial charge in [0.25, 0.3) is 0 Å². The van der Waals surface area contributed by atoms with Gasteiger partial charge in [-0.3, -0.25) is 0 Å². The molecule has 0 fully saturated rings. The highest BCUT2D eigenvalue weighted by atomic mass is 79.9. The summed E-state index contributed by atoms with van der Waals surface area (Å²) in [5, 5.41) is 17.2.